The van der Waals surface area contributed by atoms with E-state index < -0.39 is 0 Å². The summed E-state index contributed by atoms with van der Waals surface area (Å²) in [6.45, 7) is 2.07. The van der Waals surface area contributed by atoms with Crippen LogP contribution in [0.25, 0.3) is 0 Å². The predicted octanol–water partition coefficient (Wildman–Crippen LogP) is 1.92. The molecule has 0 aliphatic heterocycles. The van der Waals surface area contributed by atoms with Crippen molar-refractivity contribution in [2.24, 2.45) is 10.7 Å². The van der Waals surface area contributed by atoms with Crippen LogP contribution >= 0.6 is 11.3 Å². The van der Waals surface area contributed by atoms with Gasteiger partial charge in [0.25, 0.3) is 0 Å². The molecule has 1 heterocycles. The summed E-state index contributed by atoms with van der Waals surface area (Å²) in [6, 6.07) is 0.518. The number of hydrogen-bond acceptors (Lipinski definition) is 2. The lowest BCUT2D eigenvalue weighted by Crippen LogP contribution is -2.14. The Balaban J connectivity index is 2.23. The minimum atomic E-state index is 0.518. The van der Waals surface area contributed by atoms with Crippen molar-refractivity contribution in [3.05, 3.63) is 21.9 Å². The summed E-state index contributed by atoms with van der Waals surface area (Å²) in [7, 11) is 0. The van der Waals surface area contributed by atoms with Crippen LogP contribution in [0.1, 0.15) is 24.0 Å². The van der Waals surface area contributed by atoms with Crippen LogP contribution in [0.3, 0.4) is 0 Å². The van der Waals surface area contributed by atoms with Crippen LogP contribution in [-0.4, -0.2) is 11.9 Å². The Labute approximate surface area is 76.1 Å². The zero-order valence-corrected chi connectivity index (χ0v) is 7.90. The highest BCUT2D eigenvalue weighted by atomic mass is 32.1. The average molecular weight is 180 g/mol. The molecule has 1 aromatic rings. The maximum absolute atomic E-state index is 5.84. The van der Waals surface area contributed by atoms with Crippen LogP contribution < -0.4 is 5.73 Å². The molecular weight excluding hydrogens is 168 g/mol. The van der Waals surface area contributed by atoms with E-state index in [1.807, 2.05) is 0 Å². The molecule has 3 heteroatoms. The Morgan fingerprint density at radius 2 is 2.33 bits per heavy atom. The molecule has 1 aliphatic rings. The lowest BCUT2D eigenvalue weighted by molar-refractivity contribution is 1.06. The number of amidine groups is 1. The van der Waals surface area contributed by atoms with Crippen molar-refractivity contribution in [1.29, 1.82) is 0 Å². The van der Waals surface area contributed by atoms with Crippen molar-refractivity contribution >= 4 is 17.2 Å². The lowest BCUT2D eigenvalue weighted by Gasteiger charge is -1.97. The number of aryl methyl sites for hydroxylation is 1. The molecule has 1 fully saturated rings. The highest BCUT2D eigenvalue weighted by molar-refractivity contribution is 7.08. The van der Waals surface area contributed by atoms with Gasteiger partial charge in [0, 0.05) is 10.9 Å². The molecule has 0 amide bonds. The summed E-state index contributed by atoms with van der Waals surface area (Å²) < 4.78 is 0. The summed E-state index contributed by atoms with van der Waals surface area (Å²) in [5.41, 5.74) is 8.19. The standard InChI is InChI=1S/C9H12N2S/c1-6-4-12-5-8(6)9(10)11-7-2-3-7/h4-5,7H,2-3H2,1H3,(H2,10,11). The number of nitrogens with two attached hydrogens (primary N) is 1. The van der Waals surface area contributed by atoms with Crippen LogP contribution in [0.5, 0.6) is 0 Å². The molecule has 0 aromatic carbocycles. The Bertz CT molecular complexity index is 310. The van der Waals surface area contributed by atoms with Crippen LogP contribution in [-0.2, 0) is 0 Å². The van der Waals surface area contributed by atoms with E-state index in [-0.39, 0.29) is 0 Å². The molecule has 1 aliphatic carbocycles. The molecule has 2 nitrogen and oxygen atoms in total. The number of hydrogen-bond donors (Lipinski definition) is 1. The number of rotatable bonds is 2. The van der Waals surface area contributed by atoms with Gasteiger partial charge in [-0.05, 0) is 30.7 Å². The largest absolute Gasteiger partial charge is 0.383 e. The monoisotopic (exact) mass is 180 g/mol. The van der Waals surface area contributed by atoms with Crippen LogP contribution in [0.4, 0.5) is 0 Å². The molecule has 12 heavy (non-hydrogen) atoms. The summed E-state index contributed by atoms with van der Waals surface area (Å²) in [5.74, 6) is 0.719. The normalized spacial score (nSPS) is 18.2. The molecule has 0 radical (unpaired) electrons. The van der Waals surface area contributed by atoms with E-state index in [1.54, 1.807) is 11.3 Å². The second-order valence-corrected chi connectivity index (χ2v) is 3.96. The summed E-state index contributed by atoms with van der Waals surface area (Å²) in [5, 5.41) is 4.17. The molecule has 0 atom stereocenters. The Kier molecular flexibility index (Phi) is 1.89. The third-order valence-electron chi connectivity index (χ3n) is 2.00. The Morgan fingerprint density at radius 1 is 1.58 bits per heavy atom. The Morgan fingerprint density at radius 3 is 2.83 bits per heavy atom. The van der Waals surface area contributed by atoms with Crippen molar-refractivity contribution in [3.8, 4) is 0 Å². The van der Waals surface area contributed by atoms with Crippen LogP contribution in [0, 0.1) is 6.92 Å². The molecule has 0 unspecified atom stereocenters. The van der Waals surface area contributed by atoms with Crippen molar-refractivity contribution in [2.75, 3.05) is 0 Å². The molecule has 0 spiro atoms. The van der Waals surface area contributed by atoms with Gasteiger partial charge in [-0.1, -0.05) is 0 Å². The van der Waals surface area contributed by atoms with Gasteiger partial charge in [-0.25, -0.2) is 0 Å². The first kappa shape index (κ1) is 7.80. The van der Waals surface area contributed by atoms with Gasteiger partial charge >= 0.3 is 0 Å². The maximum Gasteiger partial charge on any atom is 0.127 e. The van der Waals surface area contributed by atoms with E-state index in [9.17, 15) is 0 Å². The van der Waals surface area contributed by atoms with Crippen molar-refractivity contribution in [3.63, 3.8) is 0 Å². The van der Waals surface area contributed by atoms with Gasteiger partial charge in [0.2, 0.25) is 0 Å². The van der Waals surface area contributed by atoms with E-state index in [4.69, 9.17) is 5.73 Å². The zero-order chi connectivity index (χ0) is 8.55. The minimum absolute atomic E-state index is 0.518. The third-order valence-corrected chi connectivity index (χ3v) is 2.86. The van der Waals surface area contributed by atoms with Gasteiger partial charge < -0.3 is 5.73 Å². The summed E-state index contributed by atoms with van der Waals surface area (Å²) in [4.78, 5) is 4.39. The molecule has 2 rings (SSSR count). The molecule has 0 bridgehead atoms. The third kappa shape index (κ3) is 1.50. The molecule has 64 valence electrons. The van der Waals surface area contributed by atoms with E-state index in [2.05, 4.69) is 22.7 Å². The second kappa shape index (κ2) is 2.90. The summed E-state index contributed by atoms with van der Waals surface area (Å²) >= 11 is 1.68. The SMILES string of the molecule is Cc1cscc1C(N)=NC1CC1. The first-order valence-corrected chi connectivity index (χ1v) is 5.08. The second-order valence-electron chi connectivity index (χ2n) is 3.21. The van der Waals surface area contributed by atoms with E-state index in [0.717, 1.165) is 11.4 Å². The Hall–Kier alpha value is -0.830. The fraction of sp³-hybridized carbons (Fsp3) is 0.444. The van der Waals surface area contributed by atoms with E-state index in [0.29, 0.717) is 6.04 Å². The molecule has 0 saturated heterocycles. The molecule has 1 aromatic heterocycles. The van der Waals surface area contributed by atoms with Crippen LogP contribution in [0.15, 0.2) is 15.8 Å². The van der Waals surface area contributed by atoms with Crippen LogP contribution in [0.2, 0.25) is 0 Å². The van der Waals surface area contributed by atoms with E-state index in [1.165, 1.54) is 18.4 Å². The maximum atomic E-state index is 5.84. The van der Waals surface area contributed by atoms with Crippen molar-refractivity contribution < 1.29 is 0 Å². The topological polar surface area (TPSA) is 38.4 Å². The summed E-state index contributed by atoms with van der Waals surface area (Å²) in [6.07, 6.45) is 2.42. The van der Waals surface area contributed by atoms with Gasteiger partial charge in [0.05, 0.1) is 6.04 Å². The lowest BCUT2D eigenvalue weighted by atomic mass is 10.2. The first-order valence-electron chi connectivity index (χ1n) is 4.14. The van der Waals surface area contributed by atoms with Crippen molar-refractivity contribution in [1.82, 2.24) is 0 Å². The highest BCUT2D eigenvalue weighted by Gasteiger charge is 2.21. The predicted molar refractivity (Wildman–Crippen MR) is 52.8 cm³/mol. The molecular formula is C9H12N2S. The average Bonchev–Trinajstić information content (AvgIpc) is 2.72. The van der Waals surface area contributed by atoms with Gasteiger partial charge in [-0.2, -0.15) is 11.3 Å². The molecule has 2 N–H and O–H groups in total. The van der Waals surface area contributed by atoms with Gasteiger partial charge in [0.1, 0.15) is 5.84 Å². The number of nitrogens with zero attached hydrogens (tertiary/aromatic N) is 1. The number of thiophene rings is 1. The smallest absolute Gasteiger partial charge is 0.127 e. The van der Waals surface area contributed by atoms with E-state index >= 15 is 0 Å². The minimum Gasteiger partial charge on any atom is -0.383 e. The van der Waals surface area contributed by atoms with Gasteiger partial charge in [-0.3, -0.25) is 4.99 Å². The zero-order valence-electron chi connectivity index (χ0n) is 7.08. The molecule has 1 saturated carbocycles. The van der Waals surface area contributed by atoms with Crippen molar-refractivity contribution in [2.45, 2.75) is 25.8 Å². The van der Waals surface area contributed by atoms with Gasteiger partial charge in [-0.15, -0.1) is 0 Å². The fourth-order valence-corrected chi connectivity index (χ4v) is 1.93. The highest BCUT2D eigenvalue weighted by Crippen LogP contribution is 2.24. The fourth-order valence-electron chi connectivity index (χ4n) is 1.09. The van der Waals surface area contributed by atoms with Gasteiger partial charge in [0.15, 0.2) is 0 Å². The number of aliphatic imine (C=N–C) groups is 1. The first-order chi connectivity index (χ1) is 5.77. The quantitative estimate of drug-likeness (QED) is 0.548.